The van der Waals surface area contributed by atoms with Crippen LogP contribution in [-0.4, -0.2) is 78.5 Å². The molecule has 1 heterocycles. The van der Waals surface area contributed by atoms with Crippen molar-refractivity contribution in [3.63, 3.8) is 0 Å². The Morgan fingerprint density at radius 2 is 1.91 bits per heavy atom. The summed E-state index contributed by atoms with van der Waals surface area (Å²) in [6.07, 6.45) is -3.85. The van der Waals surface area contributed by atoms with E-state index in [9.17, 15) is 28.2 Å². The lowest BCUT2D eigenvalue weighted by Gasteiger charge is -2.35. The predicted molar refractivity (Wildman–Crippen MR) is 75.1 cm³/mol. The average Bonchev–Trinajstić information content (AvgIpc) is 2.46. The Bertz CT molecular complexity index is 373. The number of hydrogen-bond acceptors (Lipinski definition) is 4. The molecule has 8 heteroatoms. The van der Waals surface area contributed by atoms with Crippen LogP contribution in [0.4, 0.5) is 13.2 Å². The molecule has 1 aliphatic rings. The van der Waals surface area contributed by atoms with Gasteiger partial charge in [-0.3, -0.25) is 9.69 Å². The fraction of sp³-hybridized carbons (Fsp3) is 0.929. The summed E-state index contributed by atoms with van der Waals surface area (Å²) in [5.74, 6) is -1.80. The molecule has 22 heavy (non-hydrogen) atoms. The van der Waals surface area contributed by atoms with Gasteiger partial charge < -0.3 is 15.1 Å². The van der Waals surface area contributed by atoms with Gasteiger partial charge in [0.2, 0.25) is 5.91 Å². The molecule has 1 rings (SSSR count). The molecular weight excluding hydrogens is 301 g/mol. The number of likely N-dealkylation sites (tertiary alicyclic amines) is 1. The molecule has 0 bridgehead atoms. The Kier molecular flexibility index (Phi) is 6.64. The molecule has 0 saturated carbocycles. The van der Waals surface area contributed by atoms with Crippen LogP contribution in [0.2, 0.25) is 0 Å². The minimum atomic E-state index is -4.27. The highest BCUT2D eigenvalue weighted by molar-refractivity contribution is 5.78. The maximum Gasteiger partial charge on any atom is 0.393 e. The summed E-state index contributed by atoms with van der Waals surface area (Å²) in [4.78, 5) is 15.0. The first-order valence-electron chi connectivity index (χ1n) is 7.36. The van der Waals surface area contributed by atoms with Crippen molar-refractivity contribution in [2.75, 3.05) is 46.4 Å². The van der Waals surface area contributed by atoms with Gasteiger partial charge in [0.1, 0.15) is 0 Å². The van der Waals surface area contributed by atoms with Gasteiger partial charge >= 0.3 is 6.18 Å². The van der Waals surface area contributed by atoms with Gasteiger partial charge in [-0.1, -0.05) is 6.92 Å². The summed E-state index contributed by atoms with van der Waals surface area (Å²) in [6, 6.07) is 0. The molecular formula is C14H25F3N2O3. The molecule has 1 fully saturated rings. The first-order valence-corrected chi connectivity index (χ1v) is 7.36. The number of carbonyl (C=O) groups is 1. The van der Waals surface area contributed by atoms with Gasteiger partial charge in [0, 0.05) is 25.0 Å². The number of aliphatic hydroxyl groups is 2. The Morgan fingerprint density at radius 1 is 1.32 bits per heavy atom. The maximum atomic E-state index is 12.8. The molecule has 1 unspecified atom stereocenters. The molecule has 1 amide bonds. The van der Waals surface area contributed by atoms with Crippen molar-refractivity contribution in [2.24, 2.45) is 11.3 Å². The molecule has 130 valence electrons. The molecule has 1 saturated heterocycles. The number of likely N-dealkylation sites (N-methyl/N-ethyl adjacent to an activating group) is 1. The van der Waals surface area contributed by atoms with Gasteiger partial charge in [-0.2, -0.15) is 13.2 Å². The van der Waals surface area contributed by atoms with Crippen LogP contribution in [0.5, 0.6) is 0 Å². The Balaban J connectivity index is 2.54. The molecule has 0 aromatic rings. The molecule has 0 aromatic heterocycles. The molecule has 0 spiro atoms. The van der Waals surface area contributed by atoms with Gasteiger partial charge in [-0.15, -0.1) is 0 Å². The van der Waals surface area contributed by atoms with Crippen molar-refractivity contribution < 1.29 is 28.2 Å². The van der Waals surface area contributed by atoms with E-state index in [-0.39, 0.29) is 45.2 Å². The third-order valence-corrected chi connectivity index (χ3v) is 4.06. The number of rotatable bonds is 6. The quantitative estimate of drug-likeness (QED) is 0.755. The second-order valence-electron chi connectivity index (χ2n) is 6.52. The lowest BCUT2D eigenvalue weighted by atomic mass is 9.92. The standard InChI is InChI=1S/C14H25F3N2O3/c1-13(9-20,10-21)8-18(2)7-12(22)19-5-3-4-11(6-19)14(15,16)17/h11,20-21H,3-10H2,1-2H3. The average molecular weight is 326 g/mol. The third kappa shape index (κ3) is 5.40. The van der Waals surface area contributed by atoms with Gasteiger partial charge in [0.25, 0.3) is 0 Å². The van der Waals surface area contributed by atoms with Crippen LogP contribution in [0.3, 0.4) is 0 Å². The monoisotopic (exact) mass is 326 g/mol. The Hall–Kier alpha value is -0.860. The number of hydrogen-bond donors (Lipinski definition) is 2. The Morgan fingerprint density at radius 3 is 2.41 bits per heavy atom. The SMILES string of the molecule is CN(CC(=O)N1CCCC(C(F)(F)F)C1)CC(C)(CO)CO. The van der Waals surface area contributed by atoms with Crippen molar-refractivity contribution in [2.45, 2.75) is 25.9 Å². The topological polar surface area (TPSA) is 64.0 Å². The van der Waals surface area contributed by atoms with Crippen LogP contribution in [0.25, 0.3) is 0 Å². The highest BCUT2D eigenvalue weighted by Crippen LogP contribution is 2.33. The summed E-state index contributed by atoms with van der Waals surface area (Å²) in [6.45, 7) is 1.52. The number of nitrogens with zero attached hydrogens (tertiary/aromatic N) is 2. The van der Waals surface area contributed by atoms with E-state index >= 15 is 0 Å². The first-order chi connectivity index (χ1) is 10.1. The van der Waals surface area contributed by atoms with Crippen molar-refractivity contribution in [1.29, 1.82) is 0 Å². The van der Waals surface area contributed by atoms with E-state index in [0.717, 1.165) is 0 Å². The lowest BCUT2D eigenvalue weighted by Crippen LogP contribution is -2.49. The third-order valence-electron chi connectivity index (χ3n) is 4.06. The molecule has 1 aliphatic heterocycles. The number of aliphatic hydroxyl groups excluding tert-OH is 2. The normalized spacial score (nSPS) is 20.5. The van der Waals surface area contributed by atoms with Crippen molar-refractivity contribution >= 4 is 5.91 Å². The van der Waals surface area contributed by atoms with Crippen LogP contribution in [-0.2, 0) is 4.79 Å². The first kappa shape index (κ1) is 19.2. The van der Waals surface area contributed by atoms with E-state index in [2.05, 4.69) is 0 Å². The minimum Gasteiger partial charge on any atom is -0.396 e. The van der Waals surface area contributed by atoms with Crippen LogP contribution in [0.1, 0.15) is 19.8 Å². The largest absolute Gasteiger partial charge is 0.396 e. The van der Waals surface area contributed by atoms with Gasteiger partial charge in [0.05, 0.1) is 25.7 Å². The maximum absolute atomic E-state index is 12.8. The molecule has 0 radical (unpaired) electrons. The number of piperidine rings is 1. The highest BCUT2D eigenvalue weighted by Gasteiger charge is 2.42. The van der Waals surface area contributed by atoms with Crippen molar-refractivity contribution in [1.82, 2.24) is 9.80 Å². The number of halogens is 3. The van der Waals surface area contributed by atoms with Gasteiger partial charge in [-0.25, -0.2) is 0 Å². The summed E-state index contributed by atoms with van der Waals surface area (Å²) in [7, 11) is 1.65. The van der Waals surface area contributed by atoms with Crippen LogP contribution in [0, 0.1) is 11.3 Å². The minimum absolute atomic E-state index is 0.0276. The number of amides is 1. The van der Waals surface area contributed by atoms with Crippen LogP contribution in [0.15, 0.2) is 0 Å². The second-order valence-corrected chi connectivity index (χ2v) is 6.52. The zero-order valence-electron chi connectivity index (χ0n) is 13.1. The molecule has 0 aliphatic carbocycles. The smallest absolute Gasteiger partial charge is 0.393 e. The summed E-state index contributed by atoms with van der Waals surface area (Å²) < 4.78 is 38.3. The van der Waals surface area contributed by atoms with Crippen LogP contribution < -0.4 is 0 Å². The zero-order chi connectivity index (χ0) is 17.0. The summed E-state index contributed by atoms with van der Waals surface area (Å²) in [5.41, 5.74) is -0.745. The van der Waals surface area contributed by atoms with E-state index in [1.165, 1.54) is 4.90 Å². The number of alkyl halides is 3. The van der Waals surface area contributed by atoms with Gasteiger partial charge in [0.15, 0.2) is 0 Å². The summed E-state index contributed by atoms with van der Waals surface area (Å²) in [5, 5.41) is 18.5. The van der Waals surface area contributed by atoms with Crippen molar-refractivity contribution in [3.8, 4) is 0 Å². The zero-order valence-corrected chi connectivity index (χ0v) is 13.1. The molecule has 5 nitrogen and oxygen atoms in total. The van der Waals surface area contributed by atoms with E-state index in [0.29, 0.717) is 13.0 Å². The van der Waals surface area contributed by atoms with Crippen LogP contribution >= 0.6 is 0 Å². The second kappa shape index (κ2) is 7.61. The van der Waals surface area contributed by atoms with E-state index in [4.69, 9.17) is 0 Å². The fourth-order valence-electron chi connectivity index (χ4n) is 2.66. The van der Waals surface area contributed by atoms with Crippen molar-refractivity contribution in [3.05, 3.63) is 0 Å². The molecule has 1 atom stereocenters. The molecule has 0 aromatic carbocycles. The van der Waals surface area contributed by atoms with Gasteiger partial charge in [-0.05, 0) is 19.9 Å². The fourth-order valence-corrected chi connectivity index (χ4v) is 2.66. The number of carbonyl (C=O) groups excluding carboxylic acids is 1. The van der Waals surface area contributed by atoms with E-state index < -0.39 is 17.5 Å². The summed E-state index contributed by atoms with van der Waals surface area (Å²) >= 11 is 0. The lowest BCUT2D eigenvalue weighted by molar-refractivity contribution is -0.188. The molecule has 2 N–H and O–H groups in total. The predicted octanol–water partition coefficient (Wildman–Crippen LogP) is 0.710. The van der Waals surface area contributed by atoms with E-state index in [1.54, 1.807) is 18.9 Å². The van der Waals surface area contributed by atoms with E-state index in [1.807, 2.05) is 0 Å². The Labute approximate surface area is 128 Å². The highest BCUT2D eigenvalue weighted by atomic mass is 19.4.